The van der Waals surface area contributed by atoms with Crippen LogP contribution in [0.5, 0.6) is 11.5 Å². The van der Waals surface area contributed by atoms with Crippen molar-refractivity contribution in [2.24, 2.45) is 0 Å². The van der Waals surface area contributed by atoms with Gasteiger partial charge in [0.2, 0.25) is 0 Å². The number of esters is 1. The van der Waals surface area contributed by atoms with Gasteiger partial charge in [0, 0.05) is 6.42 Å². The van der Waals surface area contributed by atoms with E-state index in [1.54, 1.807) is 13.0 Å². The van der Waals surface area contributed by atoms with Crippen LogP contribution < -0.4 is 4.74 Å². The standard InChI is InChI=1S/C16H15N3O2.C16H17N3O/c1-3-16(20)21-15-9-8-11(2)10-14(15)19-17-12-6-4-5-7-13(12)18-19;1-10(2)12-5-4-6-15(16(12)20)19-17-13-8-7-11(3)9-14(13)18-19/h4-10H,3H2,1-2H3;4-10,20H,1-3H3. The number of fused-ring (bicyclic) bond motifs is 2. The monoisotopic (exact) mass is 548 g/mol. The number of aromatic hydroxyl groups is 1. The lowest BCUT2D eigenvalue weighted by molar-refractivity contribution is -0.134. The number of carbonyl (C=O) groups is 1. The fourth-order valence-electron chi connectivity index (χ4n) is 4.34. The van der Waals surface area contributed by atoms with Crippen LogP contribution in [0.25, 0.3) is 33.4 Å². The molecular weight excluding hydrogens is 516 g/mol. The molecule has 0 fully saturated rings. The van der Waals surface area contributed by atoms with Gasteiger partial charge in [0.1, 0.15) is 39.2 Å². The van der Waals surface area contributed by atoms with E-state index in [2.05, 4.69) is 34.2 Å². The van der Waals surface area contributed by atoms with Crippen molar-refractivity contribution in [2.45, 2.75) is 47.0 Å². The van der Waals surface area contributed by atoms with Crippen molar-refractivity contribution in [2.75, 3.05) is 0 Å². The van der Waals surface area contributed by atoms with Crippen LogP contribution in [0, 0.1) is 13.8 Å². The maximum absolute atomic E-state index is 11.5. The zero-order valence-corrected chi connectivity index (χ0v) is 23.7. The van der Waals surface area contributed by atoms with Crippen LogP contribution in [0.1, 0.15) is 49.8 Å². The zero-order chi connectivity index (χ0) is 29.1. The van der Waals surface area contributed by atoms with E-state index < -0.39 is 0 Å². The van der Waals surface area contributed by atoms with Gasteiger partial charge in [0.05, 0.1) is 0 Å². The molecular formula is C32H32N6O3. The number of ether oxygens (including phenoxy) is 1. The molecule has 0 spiro atoms. The van der Waals surface area contributed by atoms with Gasteiger partial charge in [-0.05, 0) is 78.9 Å². The molecule has 1 N–H and O–H groups in total. The molecule has 9 nitrogen and oxygen atoms in total. The van der Waals surface area contributed by atoms with Crippen molar-refractivity contribution in [1.82, 2.24) is 30.0 Å². The molecule has 0 radical (unpaired) electrons. The lowest BCUT2D eigenvalue weighted by Gasteiger charge is -2.11. The number of nitrogens with zero attached hydrogens (tertiary/aromatic N) is 6. The summed E-state index contributed by atoms with van der Waals surface area (Å²) in [7, 11) is 0. The molecule has 4 aromatic carbocycles. The Bertz CT molecular complexity index is 1820. The second-order valence-electron chi connectivity index (χ2n) is 10.1. The molecule has 2 heterocycles. The van der Waals surface area contributed by atoms with Gasteiger partial charge in [0.25, 0.3) is 0 Å². The van der Waals surface area contributed by atoms with Crippen LogP contribution in [0.4, 0.5) is 0 Å². The second-order valence-corrected chi connectivity index (χ2v) is 10.1. The Morgan fingerprint density at radius 1 is 0.756 bits per heavy atom. The van der Waals surface area contributed by atoms with E-state index in [-0.39, 0.29) is 17.6 Å². The Balaban J connectivity index is 0.000000165. The van der Waals surface area contributed by atoms with Gasteiger partial charge < -0.3 is 9.84 Å². The first-order valence-electron chi connectivity index (χ1n) is 13.5. The molecule has 0 unspecified atom stereocenters. The highest BCUT2D eigenvalue weighted by atomic mass is 16.5. The average molecular weight is 549 g/mol. The third kappa shape index (κ3) is 5.94. The minimum atomic E-state index is -0.281. The molecule has 6 rings (SSSR count). The third-order valence-corrected chi connectivity index (χ3v) is 6.55. The summed E-state index contributed by atoms with van der Waals surface area (Å²) < 4.78 is 5.36. The second kappa shape index (κ2) is 11.6. The molecule has 0 atom stereocenters. The third-order valence-electron chi connectivity index (χ3n) is 6.55. The summed E-state index contributed by atoms with van der Waals surface area (Å²) in [6, 6.07) is 24.8. The smallest absolute Gasteiger partial charge is 0.310 e. The van der Waals surface area contributed by atoms with E-state index in [4.69, 9.17) is 4.74 Å². The summed E-state index contributed by atoms with van der Waals surface area (Å²) in [5.74, 6) is 0.686. The molecule has 0 aliphatic heterocycles. The summed E-state index contributed by atoms with van der Waals surface area (Å²) in [5.41, 5.74) is 7.62. The van der Waals surface area contributed by atoms with Gasteiger partial charge in [-0.1, -0.05) is 57.2 Å². The van der Waals surface area contributed by atoms with Gasteiger partial charge in [-0.15, -0.1) is 30.0 Å². The van der Waals surface area contributed by atoms with Crippen molar-refractivity contribution in [1.29, 1.82) is 0 Å². The summed E-state index contributed by atoms with van der Waals surface area (Å²) in [5, 5.41) is 28.1. The minimum Gasteiger partial charge on any atom is -0.505 e. The number of carbonyl (C=O) groups excluding carboxylic acids is 1. The number of aryl methyl sites for hydroxylation is 2. The molecule has 0 amide bonds. The van der Waals surface area contributed by atoms with Crippen molar-refractivity contribution in [3.63, 3.8) is 0 Å². The maximum atomic E-state index is 11.5. The zero-order valence-electron chi connectivity index (χ0n) is 23.7. The van der Waals surface area contributed by atoms with Crippen molar-refractivity contribution in [3.8, 4) is 22.9 Å². The normalized spacial score (nSPS) is 11.1. The van der Waals surface area contributed by atoms with Gasteiger partial charge in [0.15, 0.2) is 5.75 Å². The van der Waals surface area contributed by atoms with E-state index in [1.807, 2.05) is 86.6 Å². The van der Waals surface area contributed by atoms with Crippen molar-refractivity contribution >= 4 is 28.0 Å². The fraction of sp³-hybridized carbons (Fsp3) is 0.219. The predicted octanol–water partition coefficient (Wildman–Crippen LogP) is 6.60. The van der Waals surface area contributed by atoms with Crippen LogP contribution >= 0.6 is 0 Å². The van der Waals surface area contributed by atoms with Crippen LogP contribution in [0.3, 0.4) is 0 Å². The van der Waals surface area contributed by atoms with Gasteiger partial charge in [-0.3, -0.25) is 4.79 Å². The molecule has 0 saturated carbocycles. The lowest BCUT2D eigenvalue weighted by atomic mass is 10.0. The quantitative estimate of drug-likeness (QED) is 0.191. The molecule has 41 heavy (non-hydrogen) atoms. The van der Waals surface area contributed by atoms with E-state index in [0.717, 1.165) is 38.8 Å². The first-order valence-corrected chi connectivity index (χ1v) is 13.5. The fourth-order valence-corrected chi connectivity index (χ4v) is 4.34. The Morgan fingerprint density at radius 3 is 2.00 bits per heavy atom. The number of hydrogen-bond acceptors (Lipinski definition) is 7. The largest absolute Gasteiger partial charge is 0.505 e. The Hall–Kier alpha value is -5.05. The molecule has 0 aliphatic carbocycles. The SMILES string of the molecule is CCC(=O)Oc1ccc(C)cc1-n1nc2ccccc2n1.Cc1ccc2nn(-c3cccc(C(C)C)c3O)nc2c1. The van der Waals surface area contributed by atoms with E-state index in [9.17, 15) is 9.90 Å². The molecule has 208 valence electrons. The van der Waals surface area contributed by atoms with Gasteiger partial charge >= 0.3 is 5.97 Å². The Kier molecular flexibility index (Phi) is 7.78. The first kappa shape index (κ1) is 27.5. The van der Waals surface area contributed by atoms with Gasteiger partial charge in [-0.25, -0.2) is 0 Å². The number of aromatic nitrogens is 6. The Morgan fingerprint density at radius 2 is 1.34 bits per heavy atom. The Labute approximate surface area is 238 Å². The molecule has 2 aromatic heterocycles. The van der Waals surface area contributed by atoms with E-state index in [0.29, 0.717) is 23.5 Å². The number of phenolic OH excluding ortho intramolecular Hbond substituents is 1. The first-order chi connectivity index (χ1) is 19.7. The number of phenols is 1. The van der Waals surface area contributed by atoms with E-state index in [1.165, 1.54) is 9.59 Å². The van der Waals surface area contributed by atoms with Gasteiger partial charge in [-0.2, -0.15) is 0 Å². The highest BCUT2D eigenvalue weighted by molar-refractivity contribution is 5.76. The van der Waals surface area contributed by atoms with E-state index >= 15 is 0 Å². The maximum Gasteiger partial charge on any atom is 0.310 e. The topological polar surface area (TPSA) is 108 Å². The summed E-state index contributed by atoms with van der Waals surface area (Å²) in [6.45, 7) is 9.86. The number of rotatable bonds is 5. The summed E-state index contributed by atoms with van der Waals surface area (Å²) in [4.78, 5) is 14.6. The van der Waals surface area contributed by atoms with Crippen LogP contribution in [0.2, 0.25) is 0 Å². The van der Waals surface area contributed by atoms with Crippen LogP contribution in [0.15, 0.2) is 78.9 Å². The highest BCUT2D eigenvalue weighted by Gasteiger charge is 2.15. The molecule has 6 aromatic rings. The molecule has 0 saturated heterocycles. The van der Waals surface area contributed by atoms with Crippen LogP contribution in [-0.4, -0.2) is 41.1 Å². The summed E-state index contributed by atoms with van der Waals surface area (Å²) in [6.07, 6.45) is 0.321. The number of hydrogen-bond donors (Lipinski definition) is 1. The number of benzene rings is 4. The lowest BCUT2D eigenvalue weighted by Crippen LogP contribution is -2.09. The molecule has 0 bridgehead atoms. The van der Waals surface area contributed by atoms with Crippen LogP contribution in [-0.2, 0) is 4.79 Å². The molecule has 0 aliphatic rings. The minimum absolute atomic E-state index is 0.250. The number of para-hydroxylation sites is 1. The average Bonchev–Trinajstić information content (AvgIpc) is 3.58. The molecule has 9 heteroatoms. The summed E-state index contributed by atoms with van der Waals surface area (Å²) >= 11 is 0. The predicted molar refractivity (Wildman–Crippen MR) is 159 cm³/mol. The highest BCUT2D eigenvalue weighted by Crippen LogP contribution is 2.31. The van der Waals surface area contributed by atoms with Crippen molar-refractivity contribution in [3.05, 3.63) is 95.6 Å². The van der Waals surface area contributed by atoms with Crippen molar-refractivity contribution < 1.29 is 14.6 Å².